The third-order valence-electron chi connectivity index (χ3n) is 2.31. The highest BCUT2D eigenvalue weighted by Crippen LogP contribution is 2.29. The Morgan fingerprint density at radius 1 is 1.37 bits per heavy atom. The number of halogens is 3. The Balaban J connectivity index is 2.99. The van der Waals surface area contributed by atoms with E-state index in [0.29, 0.717) is 13.0 Å². The minimum Gasteiger partial charge on any atom is -0.396 e. The first kappa shape index (κ1) is 15.5. The molecule has 0 amide bonds. The van der Waals surface area contributed by atoms with Crippen LogP contribution in [0.5, 0.6) is 0 Å². The molecule has 3 N–H and O–H groups in total. The number of alkyl halides is 3. The summed E-state index contributed by atoms with van der Waals surface area (Å²) in [6.45, 7) is 3.86. The molecular weight excluding hydrogens is 261 g/mol. The van der Waals surface area contributed by atoms with Crippen LogP contribution in [0.3, 0.4) is 0 Å². The summed E-state index contributed by atoms with van der Waals surface area (Å²) in [5.41, 5.74) is -1.00. The number of aromatic nitrogens is 2. The summed E-state index contributed by atoms with van der Waals surface area (Å²) in [5.74, 6) is 0.00949. The molecule has 0 aliphatic heterocycles. The van der Waals surface area contributed by atoms with Crippen LogP contribution < -0.4 is 10.6 Å². The summed E-state index contributed by atoms with van der Waals surface area (Å²) in [6.07, 6.45) is -4.11. The van der Waals surface area contributed by atoms with E-state index >= 15 is 0 Å². The van der Waals surface area contributed by atoms with Crippen molar-refractivity contribution in [2.45, 2.75) is 32.5 Å². The summed E-state index contributed by atoms with van der Waals surface area (Å²) in [6, 6.07) is 0.671. The molecule has 0 fully saturated rings. The second-order valence-electron chi connectivity index (χ2n) is 4.05. The maximum atomic E-state index is 12.7. The molecule has 0 saturated heterocycles. The van der Waals surface area contributed by atoms with Crippen LogP contribution in [-0.4, -0.2) is 34.3 Å². The largest absolute Gasteiger partial charge is 0.433 e. The zero-order valence-corrected chi connectivity index (χ0v) is 10.8. The molecule has 0 aromatic carbocycles. The molecule has 5 nitrogen and oxygen atoms in total. The van der Waals surface area contributed by atoms with Crippen LogP contribution in [0, 0.1) is 0 Å². The Hall–Kier alpha value is -1.57. The lowest BCUT2D eigenvalue weighted by atomic mass is 10.2. The van der Waals surface area contributed by atoms with Gasteiger partial charge in [-0.3, -0.25) is 0 Å². The van der Waals surface area contributed by atoms with Gasteiger partial charge in [-0.2, -0.15) is 18.2 Å². The molecular formula is C11H17F3N4O. The number of rotatable bonds is 6. The van der Waals surface area contributed by atoms with Crippen molar-refractivity contribution in [1.29, 1.82) is 0 Å². The zero-order chi connectivity index (χ0) is 14.5. The molecule has 0 aliphatic carbocycles. The van der Waals surface area contributed by atoms with Crippen molar-refractivity contribution in [3.63, 3.8) is 0 Å². The van der Waals surface area contributed by atoms with E-state index in [9.17, 15) is 13.2 Å². The standard InChI is InChI=1S/C11H17F3N4O/c1-3-15-10-17-8(11(12,13)14)6-9(18-10)16-7(2)4-5-19/h6-7,19H,3-5H2,1-2H3,(H2,15,16,17,18). The SMILES string of the molecule is CCNc1nc(NC(C)CCO)cc(C(F)(F)F)n1. The van der Waals surface area contributed by atoms with E-state index < -0.39 is 11.9 Å². The number of aliphatic hydroxyl groups excluding tert-OH is 1. The van der Waals surface area contributed by atoms with Crippen molar-refractivity contribution in [2.24, 2.45) is 0 Å². The molecule has 1 aromatic heterocycles. The normalized spacial score (nSPS) is 13.2. The predicted octanol–water partition coefficient (Wildman–Crippen LogP) is 2.11. The van der Waals surface area contributed by atoms with Gasteiger partial charge in [-0.05, 0) is 20.3 Å². The topological polar surface area (TPSA) is 70.1 Å². The van der Waals surface area contributed by atoms with Gasteiger partial charge in [0, 0.05) is 25.3 Å². The van der Waals surface area contributed by atoms with Gasteiger partial charge in [-0.15, -0.1) is 0 Å². The van der Waals surface area contributed by atoms with Crippen LogP contribution in [-0.2, 0) is 6.18 Å². The van der Waals surface area contributed by atoms with Crippen molar-refractivity contribution >= 4 is 11.8 Å². The maximum absolute atomic E-state index is 12.7. The Kier molecular flexibility index (Phi) is 5.34. The van der Waals surface area contributed by atoms with Crippen LogP contribution in [0.2, 0.25) is 0 Å². The van der Waals surface area contributed by atoms with Crippen molar-refractivity contribution in [3.8, 4) is 0 Å². The van der Waals surface area contributed by atoms with Crippen LogP contribution >= 0.6 is 0 Å². The number of hydrogen-bond donors (Lipinski definition) is 3. The van der Waals surface area contributed by atoms with E-state index in [-0.39, 0.29) is 24.4 Å². The monoisotopic (exact) mass is 278 g/mol. The van der Waals surface area contributed by atoms with E-state index in [1.165, 1.54) is 0 Å². The van der Waals surface area contributed by atoms with E-state index in [2.05, 4.69) is 20.6 Å². The van der Waals surface area contributed by atoms with Gasteiger partial charge in [0.25, 0.3) is 0 Å². The van der Waals surface area contributed by atoms with Gasteiger partial charge in [-0.1, -0.05) is 0 Å². The number of hydrogen-bond acceptors (Lipinski definition) is 5. The second-order valence-corrected chi connectivity index (χ2v) is 4.05. The number of nitrogens with zero attached hydrogens (tertiary/aromatic N) is 2. The first-order valence-electron chi connectivity index (χ1n) is 5.94. The quantitative estimate of drug-likeness (QED) is 0.743. The fourth-order valence-corrected chi connectivity index (χ4v) is 1.42. The Bertz CT molecular complexity index is 411. The molecule has 1 atom stereocenters. The van der Waals surface area contributed by atoms with Crippen LogP contribution in [0.4, 0.5) is 24.9 Å². The molecule has 0 bridgehead atoms. The minimum absolute atomic E-state index is 0.0502. The first-order valence-corrected chi connectivity index (χ1v) is 5.94. The molecule has 8 heteroatoms. The Labute approximate surface area is 109 Å². The molecule has 108 valence electrons. The number of anilines is 2. The summed E-state index contributed by atoms with van der Waals surface area (Å²) < 4.78 is 38.1. The van der Waals surface area contributed by atoms with Gasteiger partial charge < -0.3 is 15.7 Å². The van der Waals surface area contributed by atoms with Gasteiger partial charge in [0.1, 0.15) is 5.82 Å². The van der Waals surface area contributed by atoms with Crippen LogP contribution in [0.15, 0.2) is 6.07 Å². The second kappa shape index (κ2) is 6.55. The van der Waals surface area contributed by atoms with E-state index in [1.54, 1.807) is 13.8 Å². The molecule has 0 radical (unpaired) electrons. The fourth-order valence-electron chi connectivity index (χ4n) is 1.42. The van der Waals surface area contributed by atoms with Crippen molar-refractivity contribution in [2.75, 3.05) is 23.8 Å². The van der Waals surface area contributed by atoms with Gasteiger partial charge in [0.2, 0.25) is 5.95 Å². The van der Waals surface area contributed by atoms with Crippen molar-refractivity contribution in [1.82, 2.24) is 9.97 Å². The van der Waals surface area contributed by atoms with Gasteiger partial charge in [-0.25, -0.2) is 4.98 Å². The van der Waals surface area contributed by atoms with Gasteiger partial charge in [0.05, 0.1) is 0 Å². The highest BCUT2D eigenvalue weighted by molar-refractivity contribution is 5.43. The summed E-state index contributed by atoms with van der Waals surface area (Å²) >= 11 is 0. The third kappa shape index (κ3) is 4.90. The van der Waals surface area contributed by atoms with Gasteiger partial charge in [0.15, 0.2) is 5.69 Å². The molecule has 1 rings (SSSR count). The first-order chi connectivity index (χ1) is 8.86. The smallest absolute Gasteiger partial charge is 0.396 e. The molecule has 0 spiro atoms. The number of aliphatic hydroxyl groups is 1. The summed E-state index contributed by atoms with van der Waals surface area (Å²) in [7, 11) is 0. The van der Waals surface area contributed by atoms with E-state index in [0.717, 1.165) is 6.07 Å². The van der Waals surface area contributed by atoms with Crippen LogP contribution in [0.1, 0.15) is 26.0 Å². The molecule has 1 aromatic rings. The summed E-state index contributed by atoms with van der Waals surface area (Å²) in [5, 5.41) is 14.2. The fraction of sp³-hybridized carbons (Fsp3) is 0.636. The average molecular weight is 278 g/mol. The Morgan fingerprint density at radius 3 is 2.58 bits per heavy atom. The number of nitrogens with one attached hydrogen (secondary N) is 2. The van der Waals surface area contributed by atoms with E-state index in [1.807, 2.05) is 0 Å². The molecule has 1 heterocycles. The van der Waals surface area contributed by atoms with Crippen LogP contribution in [0.25, 0.3) is 0 Å². The lowest BCUT2D eigenvalue weighted by Crippen LogP contribution is -2.20. The molecule has 0 saturated carbocycles. The van der Waals surface area contributed by atoms with Crippen molar-refractivity contribution in [3.05, 3.63) is 11.8 Å². The van der Waals surface area contributed by atoms with Crippen molar-refractivity contribution < 1.29 is 18.3 Å². The average Bonchev–Trinajstić information content (AvgIpc) is 2.28. The molecule has 0 aliphatic rings. The molecule has 19 heavy (non-hydrogen) atoms. The molecule has 1 unspecified atom stereocenters. The van der Waals surface area contributed by atoms with Gasteiger partial charge >= 0.3 is 6.18 Å². The lowest BCUT2D eigenvalue weighted by Gasteiger charge is -2.16. The minimum atomic E-state index is -4.52. The highest BCUT2D eigenvalue weighted by atomic mass is 19.4. The highest BCUT2D eigenvalue weighted by Gasteiger charge is 2.33. The zero-order valence-electron chi connectivity index (χ0n) is 10.8. The predicted molar refractivity (Wildman–Crippen MR) is 66.0 cm³/mol. The maximum Gasteiger partial charge on any atom is 0.433 e. The Morgan fingerprint density at radius 2 is 2.05 bits per heavy atom. The summed E-state index contributed by atoms with van der Waals surface area (Å²) in [4.78, 5) is 7.35. The van der Waals surface area contributed by atoms with E-state index in [4.69, 9.17) is 5.11 Å². The lowest BCUT2D eigenvalue weighted by molar-refractivity contribution is -0.141. The third-order valence-corrected chi connectivity index (χ3v) is 2.31.